The van der Waals surface area contributed by atoms with Gasteiger partial charge in [0, 0.05) is 6.20 Å². The molecule has 1 aromatic heterocycles. The monoisotopic (exact) mass is 291 g/mol. The van der Waals surface area contributed by atoms with E-state index in [0.29, 0.717) is 12.4 Å². The summed E-state index contributed by atoms with van der Waals surface area (Å²) in [6.07, 6.45) is 1.11. The fraction of sp³-hybridized carbons (Fsp3) is 0.214. The molecule has 1 aliphatic rings. The highest BCUT2D eigenvalue weighted by Crippen LogP contribution is 2.20. The van der Waals surface area contributed by atoms with Crippen molar-refractivity contribution in [2.24, 2.45) is 0 Å². The van der Waals surface area contributed by atoms with Crippen molar-refractivity contribution < 1.29 is 9.53 Å². The van der Waals surface area contributed by atoms with E-state index in [9.17, 15) is 4.79 Å². The van der Waals surface area contributed by atoms with Crippen molar-refractivity contribution in [3.05, 3.63) is 53.9 Å². The molecule has 0 aliphatic carbocycles. The first-order valence-corrected chi connectivity index (χ1v) is 6.51. The third-order valence-electron chi connectivity index (χ3n) is 2.61. The van der Waals surface area contributed by atoms with Crippen LogP contribution in [0.5, 0.6) is 0 Å². The van der Waals surface area contributed by atoms with Gasteiger partial charge in [-0.3, -0.25) is 4.90 Å². The summed E-state index contributed by atoms with van der Waals surface area (Å²) >= 11 is 5.62. The topological polar surface area (TPSA) is 55.3 Å². The Morgan fingerprint density at radius 3 is 2.30 bits per heavy atom. The van der Waals surface area contributed by atoms with Gasteiger partial charge in [-0.1, -0.05) is 36.4 Å². The molecule has 0 unspecified atom stereocenters. The molecule has 0 bridgehead atoms. The van der Waals surface area contributed by atoms with Crippen LogP contribution in [0.2, 0.25) is 5.28 Å². The maximum absolute atomic E-state index is 11.3. The van der Waals surface area contributed by atoms with Crippen molar-refractivity contribution >= 4 is 23.5 Å². The van der Waals surface area contributed by atoms with Gasteiger partial charge in [0.2, 0.25) is 5.28 Å². The highest BCUT2D eigenvalue weighted by atomic mass is 35.5. The second-order valence-electron chi connectivity index (χ2n) is 4.13. The van der Waals surface area contributed by atoms with Crippen LogP contribution in [0.4, 0.5) is 10.6 Å². The molecule has 1 aromatic carbocycles. The smallest absolute Gasteiger partial charge is 0.415 e. The molecule has 0 spiro atoms. The van der Waals surface area contributed by atoms with Gasteiger partial charge in [-0.25, -0.2) is 14.8 Å². The number of ether oxygens (including phenoxy) is 1. The summed E-state index contributed by atoms with van der Waals surface area (Å²) in [5.74, 6) is 0.472. The standard InChI is InChI=1S/C8H8ClN3O2.C6H6/c1-5-4-14-8(13)12(5)6-2-3-10-7(9)11-6;1-2-4-6-5-3-1/h2-3,5H,4H2,1H3;1-6H/t5-;/m1./s1. The van der Waals surface area contributed by atoms with Crippen molar-refractivity contribution in [3.8, 4) is 0 Å². The second-order valence-corrected chi connectivity index (χ2v) is 4.47. The first kappa shape index (κ1) is 14.3. The van der Waals surface area contributed by atoms with Gasteiger partial charge in [0.25, 0.3) is 0 Å². The predicted molar refractivity (Wildman–Crippen MR) is 76.8 cm³/mol. The number of hydrogen-bond donors (Lipinski definition) is 0. The number of hydrogen-bond acceptors (Lipinski definition) is 4. The lowest BCUT2D eigenvalue weighted by molar-refractivity contribution is 0.179. The number of cyclic esters (lactones) is 1. The van der Waals surface area contributed by atoms with Crippen molar-refractivity contribution in [1.29, 1.82) is 0 Å². The number of rotatable bonds is 1. The number of halogens is 1. The van der Waals surface area contributed by atoms with E-state index in [-0.39, 0.29) is 11.3 Å². The number of amides is 1. The predicted octanol–water partition coefficient (Wildman–Crippen LogP) is 3.16. The molecule has 1 fully saturated rings. The zero-order chi connectivity index (χ0) is 14.4. The summed E-state index contributed by atoms with van der Waals surface area (Å²) < 4.78 is 4.86. The average Bonchev–Trinajstić information content (AvgIpc) is 2.81. The van der Waals surface area contributed by atoms with Crippen molar-refractivity contribution in [3.63, 3.8) is 0 Å². The number of carbonyl (C=O) groups is 1. The fourth-order valence-corrected chi connectivity index (χ4v) is 1.82. The molecule has 0 N–H and O–H groups in total. The zero-order valence-electron chi connectivity index (χ0n) is 10.9. The molecule has 1 atom stereocenters. The van der Waals surface area contributed by atoms with E-state index >= 15 is 0 Å². The van der Waals surface area contributed by atoms with E-state index in [1.807, 2.05) is 43.3 Å². The van der Waals surface area contributed by atoms with Crippen LogP contribution < -0.4 is 4.90 Å². The minimum atomic E-state index is -0.396. The van der Waals surface area contributed by atoms with Crippen molar-refractivity contribution in [2.75, 3.05) is 11.5 Å². The molecular weight excluding hydrogens is 278 g/mol. The van der Waals surface area contributed by atoms with Crippen LogP contribution in [0.3, 0.4) is 0 Å². The summed E-state index contributed by atoms with van der Waals surface area (Å²) in [6, 6.07) is 13.6. The SMILES string of the molecule is C[C@@H]1COC(=O)N1c1ccnc(Cl)n1.c1ccccc1. The minimum Gasteiger partial charge on any atom is -0.447 e. The van der Waals surface area contributed by atoms with Crippen LogP contribution in [-0.4, -0.2) is 28.7 Å². The van der Waals surface area contributed by atoms with Gasteiger partial charge < -0.3 is 4.74 Å². The number of benzene rings is 1. The average molecular weight is 292 g/mol. The third-order valence-corrected chi connectivity index (χ3v) is 2.79. The quantitative estimate of drug-likeness (QED) is 0.757. The van der Waals surface area contributed by atoms with E-state index in [2.05, 4.69) is 9.97 Å². The lowest BCUT2D eigenvalue weighted by Crippen LogP contribution is -2.31. The van der Waals surface area contributed by atoms with Crippen LogP contribution in [-0.2, 0) is 4.74 Å². The summed E-state index contributed by atoms with van der Waals surface area (Å²) in [6.45, 7) is 2.25. The summed E-state index contributed by atoms with van der Waals surface area (Å²) in [5, 5.41) is 0.120. The van der Waals surface area contributed by atoms with Crippen LogP contribution in [0.1, 0.15) is 6.92 Å². The lowest BCUT2D eigenvalue weighted by Gasteiger charge is -2.15. The zero-order valence-corrected chi connectivity index (χ0v) is 11.7. The second kappa shape index (κ2) is 6.86. The number of aromatic nitrogens is 2. The highest BCUT2D eigenvalue weighted by Gasteiger charge is 2.31. The van der Waals surface area contributed by atoms with E-state index in [4.69, 9.17) is 16.3 Å². The molecule has 0 radical (unpaired) electrons. The molecule has 104 valence electrons. The molecule has 3 rings (SSSR count). The Hall–Kier alpha value is -2.14. The largest absolute Gasteiger partial charge is 0.447 e. The molecule has 1 amide bonds. The molecular formula is C14H14ClN3O2. The Morgan fingerprint density at radius 1 is 1.25 bits per heavy atom. The van der Waals surface area contributed by atoms with Gasteiger partial charge >= 0.3 is 6.09 Å². The van der Waals surface area contributed by atoms with Gasteiger partial charge in [-0.15, -0.1) is 0 Å². The van der Waals surface area contributed by atoms with Gasteiger partial charge in [0.1, 0.15) is 12.4 Å². The maximum Gasteiger partial charge on any atom is 0.415 e. The maximum atomic E-state index is 11.3. The first-order valence-electron chi connectivity index (χ1n) is 6.13. The summed E-state index contributed by atoms with van der Waals surface area (Å²) in [4.78, 5) is 20.4. The van der Waals surface area contributed by atoms with E-state index in [1.54, 1.807) is 6.07 Å². The molecule has 1 saturated heterocycles. The van der Waals surface area contributed by atoms with E-state index in [1.165, 1.54) is 11.1 Å². The molecule has 20 heavy (non-hydrogen) atoms. The third kappa shape index (κ3) is 3.68. The molecule has 2 heterocycles. The Kier molecular flexibility index (Phi) is 4.90. The number of anilines is 1. The van der Waals surface area contributed by atoms with Crippen LogP contribution in [0, 0.1) is 0 Å². The summed E-state index contributed by atoms with van der Waals surface area (Å²) in [5.41, 5.74) is 0. The number of carbonyl (C=O) groups excluding carboxylic acids is 1. The highest BCUT2D eigenvalue weighted by molar-refractivity contribution is 6.28. The first-order chi connectivity index (χ1) is 9.68. The van der Waals surface area contributed by atoms with Crippen LogP contribution in [0.25, 0.3) is 0 Å². The number of nitrogens with zero attached hydrogens (tertiary/aromatic N) is 3. The Balaban J connectivity index is 0.000000205. The lowest BCUT2D eigenvalue weighted by atomic mass is 10.3. The molecule has 6 heteroatoms. The molecule has 0 saturated carbocycles. The van der Waals surface area contributed by atoms with Crippen molar-refractivity contribution in [2.45, 2.75) is 13.0 Å². The van der Waals surface area contributed by atoms with Crippen molar-refractivity contribution in [1.82, 2.24) is 9.97 Å². The summed E-state index contributed by atoms with van der Waals surface area (Å²) in [7, 11) is 0. The normalized spacial score (nSPS) is 17.2. The molecule has 5 nitrogen and oxygen atoms in total. The van der Waals surface area contributed by atoms with Crippen LogP contribution >= 0.6 is 11.6 Å². The van der Waals surface area contributed by atoms with Crippen LogP contribution in [0.15, 0.2) is 48.7 Å². The Bertz CT molecular complexity index is 539. The van der Waals surface area contributed by atoms with E-state index in [0.717, 1.165) is 0 Å². The Labute approximate surface area is 122 Å². The van der Waals surface area contributed by atoms with Gasteiger partial charge in [-0.05, 0) is 24.6 Å². The minimum absolute atomic E-state index is 0.0199. The molecule has 1 aliphatic heterocycles. The van der Waals surface area contributed by atoms with E-state index < -0.39 is 6.09 Å². The van der Waals surface area contributed by atoms with Gasteiger partial charge in [-0.2, -0.15) is 0 Å². The fourth-order valence-electron chi connectivity index (χ4n) is 1.68. The van der Waals surface area contributed by atoms with Gasteiger partial charge in [0.05, 0.1) is 6.04 Å². The van der Waals surface area contributed by atoms with Gasteiger partial charge in [0.15, 0.2) is 0 Å². The molecule has 2 aromatic rings. The Morgan fingerprint density at radius 2 is 1.85 bits per heavy atom.